The number of nitrogens with two attached hydrogens (primary N) is 2. The van der Waals surface area contributed by atoms with Crippen molar-refractivity contribution in [2.45, 2.75) is 58.0 Å². The molecule has 1 aliphatic carbocycles. The van der Waals surface area contributed by atoms with E-state index in [2.05, 4.69) is 15.1 Å². The number of aromatic amines is 3. The van der Waals surface area contributed by atoms with Gasteiger partial charge in [-0.1, -0.05) is 30.3 Å². The summed E-state index contributed by atoms with van der Waals surface area (Å²) in [4.78, 5) is 58.8. The summed E-state index contributed by atoms with van der Waals surface area (Å²) < 4.78 is 1.61. The number of hydrogen-bond acceptors (Lipinski definition) is 5. The fraction of sp³-hybridized carbons (Fsp3) is 0.353. The first-order chi connectivity index (χ1) is 21.6. The minimum Gasteiger partial charge on any atom is -0.368 e. The molecule has 0 spiro atoms. The third kappa shape index (κ3) is 6.38. The van der Waals surface area contributed by atoms with Crippen LogP contribution in [0, 0.1) is 11.8 Å². The van der Waals surface area contributed by atoms with Gasteiger partial charge in [0, 0.05) is 24.1 Å². The van der Waals surface area contributed by atoms with Gasteiger partial charge in [0.1, 0.15) is 6.04 Å². The Morgan fingerprint density at radius 3 is 2.22 bits per heavy atom. The molecule has 0 bridgehead atoms. The van der Waals surface area contributed by atoms with E-state index in [0.29, 0.717) is 47.4 Å². The minimum absolute atomic E-state index is 0. The summed E-state index contributed by atoms with van der Waals surface area (Å²) in [6.07, 6.45) is 3.31. The molecular formula is C34H40ClN7O4. The zero-order valence-corrected chi connectivity index (χ0v) is 26.7. The molecule has 1 fully saturated rings. The van der Waals surface area contributed by atoms with Crippen LogP contribution in [0.15, 0.2) is 70.3 Å². The van der Waals surface area contributed by atoms with E-state index in [-0.39, 0.29) is 47.9 Å². The summed E-state index contributed by atoms with van der Waals surface area (Å²) in [5.41, 5.74) is 16.6. The summed E-state index contributed by atoms with van der Waals surface area (Å²) in [7, 11) is 0. The lowest BCUT2D eigenvalue weighted by molar-refractivity contribution is -0.127. The number of nitrogens with zero attached hydrogens (tertiary/aromatic N) is 2. The first-order valence-electron chi connectivity index (χ1n) is 15.5. The van der Waals surface area contributed by atoms with Crippen LogP contribution in [0.4, 0.5) is 5.69 Å². The number of H-pyrrole nitrogens is 3. The van der Waals surface area contributed by atoms with Gasteiger partial charge in [-0.15, -0.1) is 12.4 Å². The number of imidazole rings is 1. The number of primary amides is 1. The Labute approximate surface area is 271 Å². The van der Waals surface area contributed by atoms with Crippen molar-refractivity contribution in [3.63, 3.8) is 0 Å². The molecule has 2 amide bonds. The lowest BCUT2D eigenvalue weighted by atomic mass is 9.81. The van der Waals surface area contributed by atoms with Gasteiger partial charge in [0.25, 0.3) is 5.56 Å². The molecule has 3 aromatic carbocycles. The van der Waals surface area contributed by atoms with E-state index in [0.717, 1.165) is 35.0 Å². The largest absolute Gasteiger partial charge is 0.368 e. The normalized spacial score (nSPS) is 17.2. The van der Waals surface area contributed by atoms with Crippen molar-refractivity contribution < 1.29 is 9.59 Å². The Morgan fingerprint density at radius 2 is 1.57 bits per heavy atom. The van der Waals surface area contributed by atoms with E-state index >= 15 is 0 Å². The number of rotatable bonds is 9. The molecular weight excluding hydrogens is 606 g/mol. The van der Waals surface area contributed by atoms with Gasteiger partial charge in [-0.05, 0) is 99.0 Å². The van der Waals surface area contributed by atoms with Gasteiger partial charge in [0.05, 0.1) is 21.9 Å². The highest BCUT2D eigenvalue weighted by atomic mass is 35.5. The zero-order valence-electron chi connectivity index (χ0n) is 25.9. The SMILES string of the molecule is CC(C)n1[nH]c2cc(-c3ccc(C[C@@H](C(N)=O)N(c4ccc5[nH]c(=O)[nH]c5c4)C(=O)[C@H]4CC[C@H](CN)CC4)cc3)ccc2c1=O.Cl. The highest BCUT2D eigenvalue weighted by Gasteiger charge is 2.36. The Morgan fingerprint density at radius 1 is 0.891 bits per heavy atom. The molecule has 6 rings (SSSR count). The number of halogens is 1. The lowest BCUT2D eigenvalue weighted by Crippen LogP contribution is -2.52. The van der Waals surface area contributed by atoms with Gasteiger partial charge >= 0.3 is 5.69 Å². The van der Waals surface area contributed by atoms with Gasteiger partial charge in [0.2, 0.25) is 11.8 Å². The summed E-state index contributed by atoms with van der Waals surface area (Å²) in [6.45, 7) is 4.50. The molecule has 12 heteroatoms. The fourth-order valence-electron chi connectivity index (χ4n) is 6.53. The number of carbonyl (C=O) groups excluding carboxylic acids is 2. The van der Waals surface area contributed by atoms with Crippen LogP contribution in [0.2, 0.25) is 0 Å². The van der Waals surface area contributed by atoms with Crippen LogP contribution < -0.4 is 27.6 Å². The van der Waals surface area contributed by atoms with E-state index in [4.69, 9.17) is 11.5 Å². The first-order valence-corrected chi connectivity index (χ1v) is 15.5. The van der Waals surface area contributed by atoms with Crippen molar-refractivity contribution in [2.24, 2.45) is 23.3 Å². The molecule has 46 heavy (non-hydrogen) atoms. The number of fused-ring (bicyclic) bond motifs is 2. The quantitative estimate of drug-likeness (QED) is 0.160. The monoisotopic (exact) mass is 645 g/mol. The van der Waals surface area contributed by atoms with Crippen molar-refractivity contribution >= 4 is 51.8 Å². The molecule has 0 aliphatic heterocycles. The van der Waals surface area contributed by atoms with E-state index in [9.17, 15) is 19.2 Å². The van der Waals surface area contributed by atoms with Gasteiger partial charge in [-0.3, -0.25) is 24.4 Å². The molecule has 0 saturated heterocycles. The van der Waals surface area contributed by atoms with Gasteiger partial charge in [0.15, 0.2) is 0 Å². The van der Waals surface area contributed by atoms with Crippen LogP contribution >= 0.6 is 12.4 Å². The maximum atomic E-state index is 14.2. The molecule has 7 N–H and O–H groups in total. The minimum atomic E-state index is -0.948. The van der Waals surface area contributed by atoms with E-state index in [1.54, 1.807) is 22.9 Å². The Balaban J connectivity index is 0.00000417. The van der Waals surface area contributed by atoms with Gasteiger partial charge in [-0.2, -0.15) is 0 Å². The summed E-state index contributed by atoms with van der Waals surface area (Å²) in [5.74, 6) is -0.635. The van der Waals surface area contributed by atoms with E-state index < -0.39 is 11.9 Å². The molecule has 5 aromatic rings. The first kappa shape index (κ1) is 32.8. The number of hydrogen-bond donors (Lipinski definition) is 5. The lowest BCUT2D eigenvalue weighted by Gasteiger charge is -2.35. The summed E-state index contributed by atoms with van der Waals surface area (Å²) in [5, 5.41) is 3.83. The maximum absolute atomic E-state index is 14.2. The highest BCUT2D eigenvalue weighted by Crippen LogP contribution is 2.33. The maximum Gasteiger partial charge on any atom is 0.323 e. The van der Waals surface area contributed by atoms with Crippen LogP contribution in [-0.2, 0) is 16.0 Å². The topological polar surface area (TPSA) is 176 Å². The second-order valence-electron chi connectivity index (χ2n) is 12.4. The predicted molar refractivity (Wildman–Crippen MR) is 183 cm³/mol. The number of amides is 2. The number of aromatic nitrogens is 4. The Kier molecular flexibility index (Phi) is 9.55. The number of carbonyl (C=O) groups is 2. The molecule has 0 radical (unpaired) electrons. The number of anilines is 1. The standard InChI is InChI=1S/C34H39N7O4.ClH/c1-19(2)41-33(44)26-13-11-24(16-28(26)39-41)22-7-3-20(4-8-22)15-30(31(36)42)40(32(43)23-9-5-21(18-35)6-10-23)25-12-14-27-29(17-25)38-34(45)37-27;/h3-4,7-8,11-14,16-17,19,21,23,30,39H,5-6,9-10,15,18,35H2,1-2H3,(H2,36,42)(H2,37,38,45);1H/t21-,23-,30-;/m0./s1. The van der Waals surface area contributed by atoms with Crippen LogP contribution in [0.1, 0.15) is 51.1 Å². The van der Waals surface area contributed by atoms with Crippen LogP contribution in [0.25, 0.3) is 33.1 Å². The molecule has 2 aromatic heterocycles. The second kappa shape index (κ2) is 13.4. The molecule has 1 aliphatic rings. The highest BCUT2D eigenvalue weighted by molar-refractivity contribution is 6.02. The van der Waals surface area contributed by atoms with Gasteiger partial charge < -0.3 is 21.4 Å². The van der Waals surface area contributed by atoms with Gasteiger partial charge in [-0.25, -0.2) is 9.48 Å². The Bertz CT molecular complexity index is 1980. The molecule has 0 unspecified atom stereocenters. The average molecular weight is 646 g/mol. The van der Waals surface area contributed by atoms with Crippen molar-refractivity contribution in [1.29, 1.82) is 0 Å². The Hall–Kier alpha value is -4.61. The molecule has 11 nitrogen and oxygen atoms in total. The third-order valence-corrected chi connectivity index (χ3v) is 9.13. The van der Waals surface area contributed by atoms with Crippen molar-refractivity contribution in [3.8, 4) is 11.1 Å². The molecule has 242 valence electrons. The fourth-order valence-corrected chi connectivity index (χ4v) is 6.53. The summed E-state index contributed by atoms with van der Waals surface area (Å²) in [6, 6.07) is 17.7. The molecule has 1 atom stereocenters. The average Bonchev–Trinajstić information content (AvgIpc) is 3.58. The zero-order chi connectivity index (χ0) is 31.8. The molecule has 2 heterocycles. The number of benzene rings is 3. The third-order valence-electron chi connectivity index (χ3n) is 9.13. The van der Waals surface area contributed by atoms with Crippen LogP contribution in [0.3, 0.4) is 0 Å². The van der Waals surface area contributed by atoms with Crippen LogP contribution in [-0.4, -0.2) is 44.1 Å². The van der Waals surface area contributed by atoms with Crippen LogP contribution in [0.5, 0.6) is 0 Å². The number of nitrogens with one attached hydrogen (secondary N) is 3. The van der Waals surface area contributed by atoms with Crippen molar-refractivity contribution in [3.05, 3.63) is 87.1 Å². The summed E-state index contributed by atoms with van der Waals surface area (Å²) >= 11 is 0. The smallest absolute Gasteiger partial charge is 0.323 e. The van der Waals surface area contributed by atoms with E-state index in [1.165, 1.54) is 4.90 Å². The van der Waals surface area contributed by atoms with E-state index in [1.807, 2.05) is 56.3 Å². The van der Waals surface area contributed by atoms with Crippen molar-refractivity contribution in [1.82, 2.24) is 19.7 Å². The van der Waals surface area contributed by atoms with Crippen molar-refractivity contribution in [2.75, 3.05) is 11.4 Å². The predicted octanol–water partition coefficient (Wildman–Crippen LogP) is 4.36. The molecule has 1 saturated carbocycles. The second-order valence-corrected chi connectivity index (χ2v) is 12.4.